The van der Waals surface area contributed by atoms with Gasteiger partial charge in [-0.05, 0) is 12.8 Å². The third kappa shape index (κ3) is 4.74. The predicted molar refractivity (Wildman–Crippen MR) is 86.8 cm³/mol. The monoisotopic (exact) mass is 344 g/mol. The summed E-state index contributed by atoms with van der Waals surface area (Å²) >= 11 is 2.40. The Morgan fingerprint density at radius 3 is 1.45 bits per heavy atom. The van der Waals surface area contributed by atoms with Crippen molar-refractivity contribution in [3.63, 3.8) is 0 Å². The lowest BCUT2D eigenvalue weighted by Crippen LogP contribution is -2.39. The third-order valence-electron chi connectivity index (χ3n) is 3.64. The molecule has 6 nitrogen and oxygen atoms in total. The number of hydrogen-bond donors (Lipinski definition) is 0. The highest BCUT2D eigenvalue weighted by atomic mass is 32.2. The number of imide groups is 2. The Hall–Kier alpha value is -1.02. The molecule has 0 N–H and O–H groups in total. The van der Waals surface area contributed by atoms with E-state index < -0.39 is 0 Å². The Balaban J connectivity index is 1.59. The first kappa shape index (κ1) is 17.3. The second-order valence-electron chi connectivity index (χ2n) is 5.23. The molecule has 0 aromatic heterocycles. The minimum Gasteiger partial charge on any atom is -0.274 e. The summed E-state index contributed by atoms with van der Waals surface area (Å²) < 4.78 is 0. The number of carbonyl (C=O) groups is 4. The van der Waals surface area contributed by atoms with E-state index >= 15 is 0 Å². The van der Waals surface area contributed by atoms with Gasteiger partial charge >= 0.3 is 0 Å². The Labute approximate surface area is 138 Å². The average Bonchev–Trinajstić information content (AvgIpc) is 2.47. The lowest BCUT2D eigenvalue weighted by molar-refractivity contribution is -0.128. The van der Waals surface area contributed by atoms with Gasteiger partial charge in [0.15, 0.2) is 0 Å². The maximum atomic E-state index is 11.6. The topological polar surface area (TPSA) is 74.8 Å². The molecule has 0 radical (unpaired) electrons. The van der Waals surface area contributed by atoms with Gasteiger partial charge in [-0.25, -0.2) is 0 Å². The molecule has 2 rings (SSSR count). The van der Waals surface area contributed by atoms with E-state index in [0.717, 1.165) is 25.7 Å². The first-order valence-corrected chi connectivity index (χ1v) is 9.51. The number of amides is 4. The van der Waals surface area contributed by atoms with E-state index in [4.69, 9.17) is 0 Å². The number of rotatable bonds is 7. The Morgan fingerprint density at radius 2 is 1.09 bits per heavy atom. The molecule has 122 valence electrons. The van der Waals surface area contributed by atoms with Crippen molar-refractivity contribution in [3.8, 4) is 0 Å². The molecule has 22 heavy (non-hydrogen) atoms. The van der Waals surface area contributed by atoms with Gasteiger partial charge in [0.2, 0.25) is 11.8 Å². The summed E-state index contributed by atoms with van der Waals surface area (Å²) in [4.78, 5) is 49.1. The first-order chi connectivity index (χ1) is 10.6. The van der Waals surface area contributed by atoms with E-state index in [2.05, 4.69) is 0 Å². The predicted octanol–water partition coefficient (Wildman–Crippen LogP) is 2.72. The van der Waals surface area contributed by atoms with E-state index in [1.54, 1.807) is 0 Å². The minimum absolute atomic E-state index is 0.0784. The summed E-state index contributed by atoms with van der Waals surface area (Å²) in [5.74, 6) is 1.02. The number of unbranched alkanes of at least 4 members (excludes halogenated alkanes) is 3. The molecule has 0 bridgehead atoms. The Bertz CT molecular complexity index is 396. The van der Waals surface area contributed by atoms with E-state index in [1.807, 2.05) is 0 Å². The van der Waals surface area contributed by atoms with Crippen molar-refractivity contribution in [1.82, 2.24) is 9.80 Å². The Kier molecular flexibility index (Phi) is 6.75. The van der Waals surface area contributed by atoms with Crippen molar-refractivity contribution in [1.29, 1.82) is 0 Å². The van der Waals surface area contributed by atoms with E-state index in [1.165, 1.54) is 33.3 Å². The quantitative estimate of drug-likeness (QED) is 0.661. The fraction of sp³-hybridized carbons (Fsp3) is 0.714. The van der Waals surface area contributed by atoms with E-state index in [0.29, 0.717) is 37.4 Å². The number of hydrogen-bond acceptors (Lipinski definition) is 6. The molecule has 2 aliphatic rings. The van der Waals surface area contributed by atoms with Gasteiger partial charge in [0.1, 0.15) is 0 Å². The van der Waals surface area contributed by atoms with Crippen molar-refractivity contribution in [2.75, 3.05) is 24.6 Å². The molecule has 0 spiro atoms. The zero-order valence-corrected chi connectivity index (χ0v) is 14.0. The molecule has 0 unspecified atom stereocenters. The second-order valence-corrected chi connectivity index (χ2v) is 7.33. The van der Waals surface area contributed by atoms with Gasteiger partial charge < -0.3 is 0 Å². The van der Waals surface area contributed by atoms with Crippen molar-refractivity contribution < 1.29 is 19.2 Å². The van der Waals surface area contributed by atoms with Crippen LogP contribution in [0.15, 0.2) is 0 Å². The van der Waals surface area contributed by atoms with Crippen LogP contribution in [0.1, 0.15) is 38.5 Å². The summed E-state index contributed by atoms with van der Waals surface area (Å²) in [5.41, 5.74) is 0. The smallest absolute Gasteiger partial charge is 0.274 e. The van der Waals surface area contributed by atoms with Crippen molar-refractivity contribution >= 4 is 45.8 Å². The van der Waals surface area contributed by atoms with Gasteiger partial charge in [-0.15, -0.1) is 0 Å². The van der Waals surface area contributed by atoms with Crippen LogP contribution in [-0.4, -0.2) is 56.7 Å². The standard InChI is InChI=1S/C14H20N2O4S2/c17-11-5-9-21-13(19)15(11)7-3-1-2-4-8-16-12(18)6-10-22-14(16)20/h1-10H2. The molecule has 2 saturated heterocycles. The average molecular weight is 344 g/mol. The highest BCUT2D eigenvalue weighted by Crippen LogP contribution is 2.20. The van der Waals surface area contributed by atoms with Crippen LogP contribution in [0.4, 0.5) is 9.59 Å². The third-order valence-corrected chi connectivity index (χ3v) is 5.39. The van der Waals surface area contributed by atoms with Crippen LogP contribution >= 0.6 is 23.5 Å². The minimum atomic E-state index is -0.141. The van der Waals surface area contributed by atoms with Gasteiger partial charge in [-0.2, -0.15) is 0 Å². The zero-order chi connectivity index (χ0) is 15.9. The molecule has 2 heterocycles. The lowest BCUT2D eigenvalue weighted by atomic mass is 10.1. The van der Waals surface area contributed by atoms with Gasteiger partial charge in [0.05, 0.1) is 0 Å². The number of nitrogens with zero attached hydrogens (tertiary/aromatic N) is 2. The summed E-state index contributed by atoms with van der Waals surface area (Å²) in [5, 5.41) is -0.282. The summed E-state index contributed by atoms with van der Waals surface area (Å²) in [6.45, 7) is 0.949. The SMILES string of the molecule is O=C1CCSC(=O)N1CCCCCCN1C(=O)CCSC1=O. The molecule has 4 amide bonds. The van der Waals surface area contributed by atoms with Crippen molar-refractivity contribution in [3.05, 3.63) is 0 Å². The summed E-state index contributed by atoms with van der Waals surface area (Å²) in [7, 11) is 0. The van der Waals surface area contributed by atoms with E-state index in [9.17, 15) is 19.2 Å². The van der Waals surface area contributed by atoms with Crippen LogP contribution in [0, 0.1) is 0 Å². The van der Waals surface area contributed by atoms with Gasteiger partial charge in [0.25, 0.3) is 10.5 Å². The maximum Gasteiger partial charge on any atom is 0.288 e. The summed E-state index contributed by atoms with van der Waals surface area (Å²) in [6, 6.07) is 0. The molecular weight excluding hydrogens is 324 g/mol. The maximum absolute atomic E-state index is 11.6. The molecule has 8 heteroatoms. The molecule has 0 saturated carbocycles. The molecule has 2 fully saturated rings. The summed E-state index contributed by atoms with van der Waals surface area (Å²) in [6.07, 6.45) is 4.18. The van der Waals surface area contributed by atoms with Crippen LogP contribution in [0.5, 0.6) is 0 Å². The molecule has 0 aliphatic carbocycles. The fourth-order valence-corrected chi connectivity index (χ4v) is 4.01. The fourth-order valence-electron chi connectivity index (χ4n) is 2.41. The van der Waals surface area contributed by atoms with Crippen LogP contribution < -0.4 is 0 Å². The van der Waals surface area contributed by atoms with Crippen LogP contribution in [0.3, 0.4) is 0 Å². The molecule has 0 atom stereocenters. The van der Waals surface area contributed by atoms with Crippen molar-refractivity contribution in [2.24, 2.45) is 0 Å². The first-order valence-electron chi connectivity index (χ1n) is 7.54. The molecule has 2 aliphatic heterocycles. The van der Waals surface area contributed by atoms with Crippen LogP contribution in [0.25, 0.3) is 0 Å². The molecule has 0 aromatic rings. The highest BCUT2D eigenvalue weighted by Gasteiger charge is 2.27. The van der Waals surface area contributed by atoms with Gasteiger partial charge in [0, 0.05) is 37.4 Å². The molecule has 0 aromatic carbocycles. The van der Waals surface area contributed by atoms with Crippen molar-refractivity contribution in [2.45, 2.75) is 38.5 Å². The lowest BCUT2D eigenvalue weighted by Gasteiger charge is -2.24. The number of carbonyl (C=O) groups excluding carboxylic acids is 4. The zero-order valence-electron chi connectivity index (χ0n) is 12.4. The Morgan fingerprint density at radius 1 is 0.682 bits per heavy atom. The van der Waals surface area contributed by atoms with Gasteiger partial charge in [-0.1, -0.05) is 36.4 Å². The second kappa shape index (κ2) is 8.57. The normalized spacial score (nSPS) is 20.0. The van der Waals surface area contributed by atoms with Gasteiger partial charge in [-0.3, -0.25) is 29.0 Å². The van der Waals surface area contributed by atoms with Crippen LogP contribution in [0.2, 0.25) is 0 Å². The van der Waals surface area contributed by atoms with E-state index in [-0.39, 0.29) is 22.3 Å². The number of thioether (sulfide) groups is 2. The highest BCUT2D eigenvalue weighted by molar-refractivity contribution is 8.13. The largest absolute Gasteiger partial charge is 0.288 e. The van der Waals surface area contributed by atoms with Crippen LogP contribution in [-0.2, 0) is 9.59 Å². The molecular formula is C14H20N2O4S2.